The van der Waals surface area contributed by atoms with Crippen LogP contribution in [0.25, 0.3) is 0 Å². The van der Waals surface area contributed by atoms with Crippen molar-refractivity contribution in [2.24, 2.45) is 0 Å². The second-order valence-electron chi connectivity index (χ2n) is 3.09. The molecule has 0 aromatic heterocycles. The number of anilines is 1. The minimum absolute atomic E-state index is 0.500. The van der Waals surface area contributed by atoms with Crippen LogP contribution in [-0.2, 0) is 15.5 Å². The molecular formula is C10H14ClNO2S. The van der Waals surface area contributed by atoms with Crippen LogP contribution in [0.2, 0.25) is 5.02 Å². The first-order chi connectivity index (χ1) is 7.15. The summed E-state index contributed by atoms with van der Waals surface area (Å²) in [6.45, 7) is 0.603. The van der Waals surface area contributed by atoms with Crippen LogP contribution >= 0.6 is 11.6 Å². The standard InChI is InChI=1S/C10H14ClNO2S/c1-14-5-2-6-15(13)10-7-8(12)3-4-9(10)11/h3-4,7H,2,5-6,12H2,1H3. The van der Waals surface area contributed by atoms with E-state index in [2.05, 4.69) is 0 Å². The zero-order valence-electron chi connectivity index (χ0n) is 8.53. The molecule has 0 spiro atoms. The van der Waals surface area contributed by atoms with Crippen LogP contribution in [-0.4, -0.2) is 23.7 Å². The molecule has 1 aromatic rings. The molecule has 1 aromatic carbocycles. The molecule has 0 saturated carbocycles. The van der Waals surface area contributed by atoms with Crippen molar-refractivity contribution >= 4 is 28.1 Å². The van der Waals surface area contributed by atoms with E-state index in [-0.39, 0.29) is 0 Å². The van der Waals surface area contributed by atoms with Crippen molar-refractivity contribution in [2.75, 3.05) is 25.2 Å². The zero-order chi connectivity index (χ0) is 11.3. The van der Waals surface area contributed by atoms with Crippen molar-refractivity contribution in [3.63, 3.8) is 0 Å². The second kappa shape index (κ2) is 6.10. The number of benzene rings is 1. The van der Waals surface area contributed by atoms with Gasteiger partial charge in [-0.15, -0.1) is 0 Å². The Kier molecular flexibility index (Phi) is 5.08. The van der Waals surface area contributed by atoms with E-state index in [1.165, 1.54) is 0 Å². The third kappa shape index (κ3) is 3.81. The Morgan fingerprint density at radius 3 is 2.93 bits per heavy atom. The van der Waals surface area contributed by atoms with Gasteiger partial charge in [-0.1, -0.05) is 11.6 Å². The maximum absolute atomic E-state index is 11.8. The zero-order valence-corrected chi connectivity index (χ0v) is 10.1. The van der Waals surface area contributed by atoms with Crippen LogP contribution in [0.5, 0.6) is 0 Å². The first-order valence-corrected chi connectivity index (χ1v) is 6.27. The summed E-state index contributed by atoms with van der Waals surface area (Å²) in [6, 6.07) is 5.02. The Balaban J connectivity index is 2.68. The molecule has 1 atom stereocenters. The predicted octanol–water partition coefficient (Wildman–Crippen LogP) is 2.07. The van der Waals surface area contributed by atoms with Gasteiger partial charge in [-0.05, 0) is 24.6 Å². The summed E-state index contributed by atoms with van der Waals surface area (Å²) in [4.78, 5) is 0.604. The van der Waals surface area contributed by atoms with Crippen molar-refractivity contribution in [2.45, 2.75) is 11.3 Å². The number of rotatable bonds is 5. The van der Waals surface area contributed by atoms with Crippen molar-refractivity contribution in [1.29, 1.82) is 0 Å². The normalized spacial score (nSPS) is 12.7. The summed E-state index contributed by atoms with van der Waals surface area (Å²) < 4.78 is 16.7. The molecule has 84 valence electrons. The first kappa shape index (κ1) is 12.5. The first-order valence-electron chi connectivity index (χ1n) is 4.57. The Bertz CT molecular complexity index is 357. The van der Waals surface area contributed by atoms with Gasteiger partial charge in [-0.2, -0.15) is 0 Å². The van der Waals surface area contributed by atoms with E-state index < -0.39 is 10.8 Å². The number of hydrogen-bond donors (Lipinski definition) is 1. The molecule has 2 N–H and O–H groups in total. The SMILES string of the molecule is COCCCS(=O)c1cc(N)ccc1Cl. The Morgan fingerprint density at radius 2 is 2.27 bits per heavy atom. The van der Waals surface area contributed by atoms with Gasteiger partial charge in [-0.25, -0.2) is 0 Å². The molecule has 0 amide bonds. The van der Waals surface area contributed by atoms with E-state index in [0.717, 1.165) is 6.42 Å². The molecule has 0 aliphatic carbocycles. The number of nitrogens with two attached hydrogens (primary N) is 1. The lowest BCUT2D eigenvalue weighted by Gasteiger charge is -2.05. The molecule has 0 aliphatic heterocycles. The maximum Gasteiger partial charge on any atom is 0.0594 e. The topological polar surface area (TPSA) is 52.3 Å². The number of methoxy groups -OCH3 is 1. The number of ether oxygens (including phenoxy) is 1. The monoisotopic (exact) mass is 247 g/mol. The van der Waals surface area contributed by atoms with Gasteiger partial charge in [0, 0.05) is 25.2 Å². The highest BCUT2D eigenvalue weighted by molar-refractivity contribution is 7.85. The van der Waals surface area contributed by atoms with Crippen LogP contribution in [0.1, 0.15) is 6.42 Å². The van der Waals surface area contributed by atoms with Crippen LogP contribution in [0.15, 0.2) is 23.1 Å². The number of hydrogen-bond acceptors (Lipinski definition) is 3. The number of nitrogen functional groups attached to an aromatic ring is 1. The quantitative estimate of drug-likeness (QED) is 0.640. The van der Waals surface area contributed by atoms with Crippen molar-refractivity contribution in [1.82, 2.24) is 0 Å². The van der Waals surface area contributed by atoms with E-state index in [1.807, 2.05) is 0 Å². The fourth-order valence-corrected chi connectivity index (χ4v) is 2.67. The lowest BCUT2D eigenvalue weighted by Crippen LogP contribution is -2.03. The minimum Gasteiger partial charge on any atom is -0.399 e. The molecule has 0 radical (unpaired) electrons. The Hall–Kier alpha value is -0.580. The maximum atomic E-state index is 11.8. The van der Waals surface area contributed by atoms with Crippen LogP contribution < -0.4 is 5.73 Å². The smallest absolute Gasteiger partial charge is 0.0594 e. The Labute approximate surface area is 97.0 Å². The minimum atomic E-state index is -1.10. The Morgan fingerprint density at radius 1 is 1.53 bits per heavy atom. The average Bonchev–Trinajstić information content (AvgIpc) is 2.22. The van der Waals surface area contributed by atoms with Crippen molar-refractivity contribution in [3.05, 3.63) is 23.2 Å². The lowest BCUT2D eigenvalue weighted by molar-refractivity contribution is 0.200. The molecule has 15 heavy (non-hydrogen) atoms. The summed E-state index contributed by atoms with van der Waals surface area (Å²) in [5.41, 5.74) is 6.18. The van der Waals surface area contributed by atoms with Crippen molar-refractivity contribution in [3.8, 4) is 0 Å². The molecular weight excluding hydrogens is 234 g/mol. The average molecular weight is 248 g/mol. The van der Waals surface area contributed by atoms with E-state index in [0.29, 0.717) is 28.0 Å². The van der Waals surface area contributed by atoms with E-state index in [9.17, 15) is 4.21 Å². The molecule has 1 unspecified atom stereocenters. The molecule has 0 fully saturated rings. The number of halogens is 1. The molecule has 0 bridgehead atoms. The van der Waals surface area contributed by atoms with Crippen LogP contribution in [0.3, 0.4) is 0 Å². The summed E-state index contributed by atoms with van der Waals surface area (Å²) in [5.74, 6) is 0.539. The van der Waals surface area contributed by atoms with E-state index >= 15 is 0 Å². The van der Waals surface area contributed by atoms with Gasteiger partial charge in [0.2, 0.25) is 0 Å². The van der Waals surface area contributed by atoms with Gasteiger partial charge < -0.3 is 10.5 Å². The summed E-state index contributed by atoms with van der Waals surface area (Å²) in [5, 5.41) is 0.500. The van der Waals surface area contributed by atoms with Gasteiger partial charge in [0.1, 0.15) is 0 Å². The molecule has 5 heteroatoms. The summed E-state index contributed by atoms with van der Waals surface area (Å²) in [7, 11) is 0.523. The van der Waals surface area contributed by atoms with Gasteiger partial charge >= 0.3 is 0 Å². The molecule has 0 saturated heterocycles. The third-order valence-electron chi connectivity index (χ3n) is 1.88. The van der Waals surface area contributed by atoms with Gasteiger partial charge in [-0.3, -0.25) is 4.21 Å². The molecule has 1 rings (SSSR count). The summed E-state index contributed by atoms with van der Waals surface area (Å²) in [6.07, 6.45) is 0.744. The molecule has 0 heterocycles. The third-order valence-corrected chi connectivity index (χ3v) is 3.81. The highest BCUT2D eigenvalue weighted by Gasteiger charge is 2.08. The molecule has 0 aliphatic rings. The van der Waals surface area contributed by atoms with Crippen molar-refractivity contribution < 1.29 is 8.95 Å². The largest absolute Gasteiger partial charge is 0.399 e. The highest BCUT2D eigenvalue weighted by atomic mass is 35.5. The lowest BCUT2D eigenvalue weighted by atomic mass is 10.3. The fraction of sp³-hybridized carbons (Fsp3) is 0.400. The predicted molar refractivity (Wildman–Crippen MR) is 63.6 cm³/mol. The summed E-state index contributed by atoms with van der Waals surface area (Å²) >= 11 is 5.92. The van der Waals surface area contributed by atoms with Crippen LogP contribution in [0.4, 0.5) is 5.69 Å². The molecule has 3 nitrogen and oxygen atoms in total. The van der Waals surface area contributed by atoms with Crippen LogP contribution in [0, 0.1) is 0 Å². The van der Waals surface area contributed by atoms with E-state index in [4.69, 9.17) is 22.1 Å². The second-order valence-corrected chi connectivity index (χ2v) is 5.03. The fourth-order valence-electron chi connectivity index (χ4n) is 1.14. The van der Waals surface area contributed by atoms with E-state index in [1.54, 1.807) is 25.3 Å². The highest BCUT2D eigenvalue weighted by Crippen LogP contribution is 2.22. The van der Waals surface area contributed by atoms with Gasteiger partial charge in [0.15, 0.2) is 0 Å². The van der Waals surface area contributed by atoms with Gasteiger partial charge in [0.05, 0.1) is 20.7 Å². The van der Waals surface area contributed by atoms with Gasteiger partial charge in [0.25, 0.3) is 0 Å².